The normalized spacial score (nSPS) is 18.7. The van der Waals surface area contributed by atoms with Crippen molar-refractivity contribution >= 4 is 23.5 Å². The van der Waals surface area contributed by atoms with Gasteiger partial charge in [0.25, 0.3) is 0 Å². The topological polar surface area (TPSA) is 111 Å². The minimum absolute atomic E-state index is 0.0968. The van der Waals surface area contributed by atoms with Gasteiger partial charge in [-0.15, -0.1) is 10.2 Å². The summed E-state index contributed by atoms with van der Waals surface area (Å²) in [6.45, 7) is 9.02. The van der Waals surface area contributed by atoms with Crippen molar-refractivity contribution in [2.75, 3.05) is 56.5 Å². The summed E-state index contributed by atoms with van der Waals surface area (Å²) in [4.78, 5) is 31.6. The van der Waals surface area contributed by atoms with Crippen LogP contribution in [0.15, 0.2) is 30.3 Å². The first-order valence-corrected chi connectivity index (χ1v) is 12.5. The van der Waals surface area contributed by atoms with Crippen molar-refractivity contribution in [1.29, 1.82) is 0 Å². The number of carbonyl (C=O) groups excluding carboxylic acids is 2. The zero-order valence-electron chi connectivity index (χ0n) is 21.5. The lowest BCUT2D eigenvalue weighted by Crippen LogP contribution is -2.53. The van der Waals surface area contributed by atoms with Crippen molar-refractivity contribution in [3.05, 3.63) is 30.3 Å². The Labute approximate surface area is 212 Å². The first-order chi connectivity index (χ1) is 17.2. The van der Waals surface area contributed by atoms with Gasteiger partial charge in [-0.05, 0) is 51.8 Å². The molecule has 0 aliphatic carbocycles. The highest BCUT2D eigenvalue weighted by molar-refractivity contribution is 5.81. The van der Waals surface area contributed by atoms with Gasteiger partial charge in [-0.3, -0.25) is 4.79 Å². The minimum Gasteiger partial charge on any atom is -0.507 e. The van der Waals surface area contributed by atoms with E-state index in [1.807, 2.05) is 43.9 Å². The van der Waals surface area contributed by atoms with E-state index in [1.165, 1.54) is 0 Å². The number of carbonyl (C=O) groups is 2. The largest absolute Gasteiger partial charge is 0.507 e. The van der Waals surface area contributed by atoms with Crippen LogP contribution in [0, 0.1) is 5.92 Å². The molecular weight excluding hydrogens is 460 g/mol. The molecule has 2 saturated heterocycles. The van der Waals surface area contributed by atoms with Crippen LogP contribution in [0.2, 0.25) is 0 Å². The number of hydrogen-bond donors (Lipinski definition) is 2. The Hall–Kier alpha value is -3.56. The molecule has 2 aliphatic heterocycles. The smallest absolute Gasteiger partial charge is 0.410 e. The predicted octanol–water partition coefficient (Wildman–Crippen LogP) is 3.19. The standard InChI is InChI=1S/C26H36N6O4/c1-26(2,3)36-25(35)32-11-7-8-18(17-32)24(34)31-14-12-30(13-15-31)21-16-20(28-29-23(21)27-4)19-9-5-6-10-22(19)33/h5-6,9-10,16,18,33H,7-8,11-15,17H2,1-4H3,(H,27,29). The van der Waals surface area contributed by atoms with E-state index >= 15 is 0 Å². The number of rotatable bonds is 4. The molecule has 2 fully saturated rings. The van der Waals surface area contributed by atoms with Gasteiger partial charge in [0.1, 0.15) is 11.4 Å². The quantitative estimate of drug-likeness (QED) is 0.664. The van der Waals surface area contributed by atoms with Crippen LogP contribution >= 0.6 is 0 Å². The molecule has 2 aliphatic rings. The molecule has 1 aromatic heterocycles. The van der Waals surface area contributed by atoms with E-state index in [9.17, 15) is 14.7 Å². The maximum atomic E-state index is 13.3. The van der Waals surface area contributed by atoms with Crippen LogP contribution in [-0.2, 0) is 9.53 Å². The molecule has 36 heavy (non-hydrogen) atoms. The van der Waals surface area contributed by atoms with E-state index in [1.54, 1.807) is 24.1 Å². The fourth-order valence-corrected chi connectivity index (χ4v) is 4.72. The van der Waals surface area contributed by atoms with E-state index in [0.717, 1.165) is 18.5 Å². The molecule has 1 atom stereocenters. The summed E-state index contributed by atoms with van der Waals surface area (Å²) in [5, 5.41) is 21.9. The molecule has 1 aromatic carbocycles. The second kappa shape index (κ2) is 10.6. The molecule has 10 heteroatoms. The average molecular weight is 497 g/mol. The highest BCUT2D eigenvalue weighted by Gasteiger charge is 2.34. The van der Waals surface area contributed by atoms with Gasteiger partial charge in [0, 0.05) is 51.9 Å². The van der Waals surface area contributed by atoms with Crippen LogP contribution in [0.25, 0.3) is 11.3 Å². The van der Waals surface area contributed by atoms with Crippen LogP contribution in [0.3, 0.4) is 0 Å². The average Bonchev–Trinajstić information content (AvgIpc) is 2.87. The van der Waals surface area contributed by atoms with Gasteiger partial charge in [-0.25, -0.2) is 4.79 Å². The number of piperidine rings is 1. The third kappa shape index (κ3) is 5.80. The van der Waals surface area contributed by atoms with Crippen LogP contribution in [-0.4, -0.2) is 89.0 Å². The zero-order chi connectivity index (χ0) is 25.9. The van der Waals surface area contributed by atoms with Crippen LogP contribution < -0.4 is 10.2 Å². The van der Waals surface area contributed by atoms with Crippen molar-refractivity contribution in [3.8, 4) is 17.0 Å². The van der Waals surface area contributed by atoms with Crippen molar-refractivity contribution < 1.29 is 19.4 Å². The lowest BCUT2D eigenvalue weighted by molar-refractivity contribution is -0.137. The molecule has 3 heterocycles. The lowest BCUT2D eigenvalue weighted by atomic mass is 9.96. The van der Waals surface area contributed by atoms with Gasteiger partial charge in [-0.2, -0.15) is 0 Å². The second-order valence-electron chi connectivity index (χ2n) is 10.3. The summed E-state index contributed by atoms with van der Waals surface area (Å²) in [7, 11) is 1.80. The van der Waals surface area contributed by atoms with Gasteiger partial charge in [0.2, 0.25) is 5.91 Å². The number of aromatic hydroxyl groups is 1. The molecule has 1 unspecified atom stereocenters. The van der Waals surface area contributed by atoms with Crippen molar-refractivity contribution in [2.24, 2.45) is 5.92 Å². The Morgan fingerprint density at radius 1 is 1.06 bits per heavy atom. The summed E-state index contributed by atoms with van der Waals surface area (Å²) in [6, 6.07) is 8.98. The Balaban J connectivity index is 1.41. The first-order valence-electron chi connectivity index (χ1n) is 12.5. The van der Waals surface area contributed by atoms with E-state index < -0.39 is 5.60 Å². The van der Waals surface area contributed by atoms with E-state index in [2.05, 4.69) is 20.4 Å². The number of amides is 2. The number of phenols is 1. The zero-order valence-corrected chi connectivity index (χ0v) is 21.5. The SMILES string of the molecule is CNc1nnc(-c2ccccc2O)cc1N1CCN(C(=O)C2CCCN(C(=O)OC(C)(C)C)C2)CC1. The number of phenolic OH excluding ortho intramolecular Hbond substituents is 1. The minimum atomic E-state index is -0.558. The number of aromatic nitrogens is 2. The van der Waals surface area contributed by atoms with Gasteiger partial charge in [-0.1, -0.05) is 12.1 Å². The third-order valence-corrected chi connectivity index (χ3v) is 6.54. The molecule has 0 saturated carbocycles. The van der Waals surface area contributed by atoms with Crippen molar-refractivity contribution in [2.45, 2.75) is 39.2 Å². The number of anilines is 2. The van der Waals surface area contributed by atoms with Crippen LogP contribution in [0.1, 0.15) is 33.6 Å². The Bertz CT molecular complexity index is 1090. The fraction of sp³-hybridized carbons (Fsp3) is 0.538. The van der Waals surface area contributed by atoms with Crippen LogP contribution in [0.5, 0.6) is 5.75 Å². The van der Waals surface area contributed by atoms with Crippen LogP contribution in [0.4, 0.5) is 16.3 Å². The van der Waals surface area contributed by atoms with E-state index in [-0.39, 0.29) is 23.7 Å². The molecule has 2 amide bonds. The molecule has 194 valence electrons. The Kier molecular flexibility index (Phi) is 7.51. The monoisotopic (exact) mass is 496 g/mol. The Morgan fingerprint density at radius 3 is 2.44 bits per heavy atom. The molecule has 0 bridgehead atoms. The van der Waals surface area contributed by atoms with E-state index in [0.29, 0.717) is 56.3 Å². The highest BCUT2D eigenvalue weighted by atomic mass is 16.6. The Morgan fingerprint density at radius 2 is 1.78 bits per heavy atom. The number of hydrogen-bond acceptors (Lipinski definition) is 8. The maximum Gasteiger partial charge on any atom is 0.410 e. The summed E-state index contributed by atoms with van der Waals surface area (Å²) in [5.74, 6) is 0.688. The number of ether oxygens (including phenoxy) is 1. The fourth-order valence-electron chi connectivity index (χ4n) is 4.72. The summed E-state index contributed by atoms with van der Waals surface area (Å²) in [5.41, 5.74) is 1.53. The number of nitrogens with one attached hydrogen (secondary N) is 1. The molecule has 2 N–H and O–H groups in total. The van der Waals surface area contributed by atoms with E-state index in [4.69, 9.17) is 4.74 Å². The molecule has 4 rings (SSSR count). The number of nitrogens with zero attached hydrogens (tertiary/aromatic N) is 5. The van der Waals surface area contributed by atoms with Gasteiger partial charge in [0.05, 0.1) is 17.3 Å². The lowest BCUT2D eigenvalue weighted by Gasteiger charge is -2.40. The summed E-state index contributed by atoms with van der Waals surface area (Å²) in [6.07, 6.45) is 1.22. The summed E-state index contributed by atoms with van der Waals surface area (Å²) >= 11 is 0. The number of likely N-dealkylation sites (tertiary alicyclic amines) is 1. The summed E-state index contributed by atoms with van der Waals surface area (Å²) < 4.78 is 5.51. The van der Waals surface area contributed by atoms with Crippen molar-refractivity contribution in [1.82, 2.24) is 20.0 Å². The van der Waals surface area contributed by atoms with Crippen molar-refractivity contribution in [3.63, 3.8) is 0 Å². The van der Waals surface area contributed by atoms with Gasteiger partial charge in [0.15, 0.2) is 5.82 Å². The first kappa shape index (κ1) is 25.5. The van der Waals surface area contributed by atoms with Gasteiger partial charge < -0.3 is 29.9 Å². The molecular formula is C26H36N6O4. The molecule has 10 nitrogen and oxygen atoms in total. The maximum absolute atomic E-state index is 13.3. The second-order valence-corrected chi connectivity index (χ2v) is 10.3. The number of benzene rings is 1. The highest BCUT2D eigenvalue weighted by Crippen LogP contribution is 2.33. The third-order valence-electron chi connectivity index (χ3n) is 6.54. The number of para-hydroxylation sites is 1. The predicted molar refractivity (Wildman–Crippen MR) is 138 cm³/mol. The molecule has 2 aromatic rings. The number of piperazine rings is 1. The molecule has 0 spiro atoms. The van der Waals surface area contributed by atoms with Gasteiger partial charge >= 0.3 is 6.09 Å². The molecule has 0 radical (unpaired) electrons.